The number of aliphatic hydroxyl groups is 1. The Bertz CT molecular complexity index is 1160. The Morgan fingerprint density at radius 2 is 0.662 bits per heavy atom. The molecule has 0 amide bonds. The van der Waals surface area contributed by atoms with E-state index in [4.69, 9.17) is 9.47 Å². The zero-order valence-electron chi connectivity index (χ0n) is 43.0. The van der Waals surface area contributed by atoms with Crippen LogP contribution in [0.25, 0.3) is 0 Å². The van der Waals surface area contributed by atoms with Crippen molar-refractivity contribution in [3.63, 3.8) is 0 Å². The number of carbonyl (C=O) groups is 2. The van der Waals surface area contributed by atoms with Crippen molar-refractivity contribution in [1.29, 1.82) is 0 Å². The van der Waals surface area contributed by atoms with Crippen LogP contribution < -0.4 is 0 Å². The normalized spacial score (nSPS) is 12.7. The van der Waals surface area contributed by atoms with Gasteiger partial charge in [-0.2, -0.15) is 0 Å². The second kappa shape index (κ2) is 55.7. The molecule has 0 saturated heterocycles. The predicted octanol–water partition coefficient (Wildman–Crippen LogP) is 18.8. The lowest BCUT2D eigenvalue weighted by atomic mass is 10.0. The first-order valence-corrected chi connectivity index (χ1v) is 28.0. The quantitative estimate of drug-likeness (QED) is 0.0374. The van der Waals surface area contributed by atoms with E-state index >= 15 is 0 Å². The fourth-order valence-electron chi connectivity index (χ4n) is 8.05. The fourth-order valence-corrected chi connectivity index (χ4v) is 8.05. The van der Waals surface area contributed by atoms with E-state index in [1.807, 2.05) is 0 Å². The molecule has 0 aromatic rings. The molecule has 0 heterocycles. The van der Waals surface area contributed by atoms with Gasteiger partial charge in [-0.15, -0.1) is 0 Å². The second-order valence-corrected chi connectivity index (χ2v) is 18.6. The van der Waals surface area contributed by atoms with E-state index in [-0.39, 0.29) is 25.2 Å². The van der Waals surface area contributed by atoms with Gasteiger partial charge < -0.3 is 14.6 Å². The molecular formula is C60H106O5. The van der Waals surface area contributed by atoms with Crippen molar-refractivity contribution in [2.75, 3.05) is 13.2 Å². The monoisotopic (exact) mass is 907 g/mol. The van der Waals surface area contributed by atoms with E-state index in [0.29, 0.717) is 12.8 Å². The topological polar surface area (TPSA) is 72.8 Å². The number of hydrogen-bond donors (Lipinski definition) is 1. The molecule has 0 aliphatic carbocycles. The molecule has 0 aromatic carbocycles. The van der Waals surface area contributed by atoms with Gasteiger partial charge >= 0.3 is 11.9 Å². The smallest absolute Gasteiger partial charge is 0.306 e. The van der Waals surface area contributed by atoms with Gasteiger partial charge in [-0.3, -0.25) is 9.59 Å². The van der Waals surface area contributed by atoms with Crippen molar-refractivity contribution >= 4 is 11.9 Å². The molecule has 0 rings (SSSR count). The summed E-state index contributed by atoms with van der Waals surface area (Å²) in [6, 6.07) is 0. The van der Waals surface area contributed by atoms with Gasteiger partial charge in [0.05, 0.1) is 6.61 Å². The van der Waals surface area contributed by atoms with Crippen LogP contribution in [-0.2, 0) is 19.1 Å². The Kier molecular flexibility index (Phi) is 53.4. The summed E-state index contributed by atoms with van der Waals surface area (Å²) in [6.45, 7) is 4.03. The highest BCUT2D eigenvalue weighted by atomic mass is 16.6. The maximum atomic E-state index is 12.3. The first-order chi connectivity index (χ1) is 32.1. The Morgan fingerprint density at radius 1 is 0.369 bits per heavy atom. The Balaban J connectivity index is 3.45. The third-order valence-corrected chi connectivity index (χ3v) is 12.2. The second-order valence-electron chi connectivity index (χ2n) is 18.6. The van der Waals surface area contributed by atoms with Gasteiger partial charge in [-0.25, -0.2) is 0 Å². The van der Waals surface area contributed by atoms with Crippen LogP contribution in [-0.4, -0.2) is 36.4 Å². The highest BCUT2D eigenvalue weighted by Crippen LogP contribution is 2.16. The fraction of sp³-hybridized carbons (Fsp3) is 0.767. The first kappa shape index (κ1) is 62.3. The van der Waals surface area contributed by atoms with Crippen LogP contribution in [0, 0.1) is 0 Å². The molecule has 0 spiro atoms. The van der Waals surface area contributed by atoms with Gasteiger partial charge in [0.1, 0.15) is 6.61 Å². The molecule has 1 N–H and O–H groups in total. The number of hydrogen-bond acceptors (Lipinski definition) is 5. The molecule has 0 aliphatic heterocycles. The van der Waals surface area contributed by atoms with Crippen molar-refractivity contribution in [3.8, 4) is 0 Å². The van der Waals surface area contributed by atoms with E-state index < -0.39 is 6.10 Å². The highest BCUT2D eigenvalue weighted by Gasteiger charge is 2.16. The average molecular weight is 908 g/mol. The molecule has 5 heteroatoms. The number of aliphatic hydroxyl groups excluding tert-OH is 1. The maximum absolute atomic E-state index is 12.3. The van der Waals surface area contributed by atoms with E-state index in [2.05, 4.69) is 86.8 Å². The number of rotatable bonds is 51. The average Bonchev–Trinajstić information content (AvgIpc) is 3.31. The van der Waals surface area contributed by atoms with Gasteiger partial charge in [0.25, 0.3) is 0 Å². The standard InChI is InChI=1S/C60H106O5/c1-3-5-7-9-11-13-15-17-19-21-23-24-25-26-27-28-29-30-31-32-33-34-35-36-37-39-41-43-45-47-49-51-53-55-60(63)65-58(56-61)57-64-59(62)54-52-50-48-46-44-42-40-38-22-20-18-16-14-12-10-8-6-4-2/h5,7,11,13-14,16-17,19-20,22-24,58,61H,3-4,6,8-10,12,15,18,21,25-57H2,1-2H3/b7-5-,13-11-,16-14-,19-17-,22-20-,24-23-. The first-order valence-electron chi connectivity index (χ1n) is 28.0. The molecule has 1 atom stereocenters. The highest BCUT2D eigenvalue weighted by molar-refractivity contribution is 5.70. The van der Waals surface area contributed by atoms with Crippen LogP contribution in [0.1, 0.15) is 277 Å². The lowest BCUT2D eigenvalue weighted by Gasteiger charge is -2.15. The molecule has 0 bridgehead atoms. The number of esters is 2. The zero-order chi connectivity index (χ0) is 47.0. The number of carbonyl (C=O) groups excluding carboxylic acids is 2. The number of ether oxygens (including phenoxy) is 2. The van der Waals surface area contributed by atoms with Crippen molar-refractivity contribution < 1.29 is 24.2 Å². The summed E-state index contributed by atoms with van der Waals surface area (Å²) in [6.07, 6.45) is 75.9. The molecule has 1 unspecified atom stereocenters. The minimum Gasteiger partial charge on any atom is -0.462 e. The molecule has 5 nitrogen and oxygen atoms in total. The van der Waals surface area contributed by atoms with Gasteiger partial charge in [0.15, 0.2) is 6.10 Å². The summed E-state index contributed by atoms with van der Waals surface area (Å²) < 4.78 is 10.7. The van der Waals surface area contributed by atoms with Crippen molar-refractivity contribution in [1.82, 2.24) is 0 Å². The lowest BCUT2D eigenvalue weighted by Crippen LogP contribution is -2.28. The minimum atomic E-state index is -0.776. The van der Waals surface area contributed by atoms with Crippen molar-refractivity contribution in [2.45, 2.75) is 283 Å². The minimum absolute atomic E-state index is 0.0690. The third kappa shape index (κ3) is 53.8. The van der Waals surface area contributed by atoms with Gasteiger partial charge in [0.2, 0.25) is 0 Å². The summed E-state index contributed by atoms with van der Waals surface area (Å²) in [5, 5.41) is 9.64. The molecule has 0 radical (unpaired) electrons. The van der Waals surface area contributed by atoms with Crippen LogP contribution in [0.4, 0.5) is 0 Å². The molecule has 376 valence electrons. The van der Waals surface area contributed by atoms with E-state index in [0.717, 1.165) is 77.0 Å². The van der Waals surface area contributed by atoms with Gasteiger partial charge in [-0.05, 0) is 83.5 Å². The largest absolute Gasteiger partial charge is 0.462 e. The summed E-state index contributed by atoms with van der Waals surface area (Å²) in [7, 11) is 0. The van der Waals surface area contributed by atoms with Crippen molar-refractivity contribution in [3.05, 3.63) is 72.9 Å². The number of allylic oxidation sites excluding steroid dienone is 12. The lowest BCUT2D eigenvalue weighted by molar-refractivity contribution is -0.161. The Morgan fingerprint density at radius 3 is 1.00 bits per heavy atom. The molecular weight excluding hydrogens is 801 g/mol. The Hall–Kier alpha value is -2.66. The van der Waals surface area contributed by atoms with Crippen molar-refractivity contribution in [2.24, 2.45) is 0 Å². The van der Waals surface area contributed by atoms with Crippen LogP contribution in [0.3, 0.4) is 0 Å². The summed E-state index contributed by atoms with van der Waals surface area (Å²) in [5.41, 5.74) is 0. The molecule has 65 heavy (non-hydrogen) atoms. The third-order valence-electron chi connectivity index (χ3n) is 12.2. The van der Waals surface area contributed by atoms with E-state index in [9.17, 15) is 14.7 Å². The van der Waals surface area contributed by atoms with Gasteiger partial charge in [0, 0.05) is 12.8 Å². The molecule has 0 fully saturated rings. The SMILES string of the molecule is CC/C=C\C/C=C\C/C=C\C/C=C\CCCCCCCCCCCCCCCCCCCCCCC(=O)OC(CO)COC(=O)CCCCCCCCC/C=C\C/C=C\CCCCCC. The molecule has 0 saturated carbocycles. The van der Waals surface area contributed by atoms with E-state index in [1.54, 1.807) is 0 Å². The van der Waals surface area contributed by atoms with E-state index in [1.165, 1.54) is 173 Å². The summed E-state index contributed by atoms with van der Waals surface area (Å²) in [4.78, 5) is 24.5. The van der Waals surface area contributed by atoms with Crippen LogP contribution in [0.5, 0.6) is 0 Å². The molecule has 0 aromatic heterocycles. The van der Waals surface area contributed by atoms with Crippen LogP contribution in [0.15, 0.2) is 72.9 Å². The Labute approximate surface area is 403 Å². The van der Waals surface area contributed by atoms with Gasteiger partial charge in [-0.1, -0.05) is 254 Å². The predicted molar refractivity (Wildman–Crippen MR) is 283 cm³/mol. The summed E-state index contributed by atoms with van der Waals surface area (Å²) >= 11 is 0. The summed E-state index contributed by atoms with van der Waals surface area (Å²) in [5.74, 6) is -0.590. The zero-order valence-corrected chi connectivity index (χ0v) is 43.0. The molecule has 0 aliphatic rings. The van der Waals surface area contributed by atoms with Crippen LogP contribution in [0.2, 0.25) is 0 Å². The maximum Gasteiger partial charge on any atom is 0.306 e. The number of unbranched alkanes of at least 4 members (excludes halogenated alkanes) is 31. The van der Waals surface area contributed by atoms with Crippen LogP contribution >= 0.6 is 0 Å².